The molecule has 1 amide bonds. The Labute approximate surface area is 129 Å². The van der Waals surface area contributed by atoms with E-state index in [0.717, 1.165) is 38.1 Å². The zero-order valence-corrected chi connectivity index (χ0v) is 13.1. The highest BCUT2D eigenvalue weighted by Gasteiger charge is 2.54. The minimum atomic E-state index is -0.555. The minimum absolute atomic E-state index is 0.0293. The number of carbonyl (C=O) groups excluding carboxylic acids is 2. The predicted octanol–water partition coefficient (Wildman–Crippen LogP) is 1.13. The van der Waals surface area contributed by atoms with Crippen molar-refractivity contribution in [1.82, 2.24) is 19.7 Å². The van der Waals surface area contributed by atoms with E-state index in [0.29, 0.717) is 6.54 Å². The van der Waals surface area contributed by atoms with Gasteiger partial charge in [-0.3, -0.25) is 9.59 Å². The SMILES string of the molecule is CCn1cnnc1CN(C)C(=O)C1CC(=O)OC12CCCC2. The van der Waals surface area contributed by atoms with Crippen LogP contribution in [0, 0.1) is 5.92 Å². The second-order valence-electron chi connectivity index (χ2n) is 6.23. The van der Waals surface area contributed by atoms with Crippen molar-refractivity contribution in [3.05, 3.63) is 12.2 Å². The molecule has 0 N–H and O–H groups in total. The van der Waals surface area contributed by atoms with Crippen molar-refractivity contribution in [2.45, 2.75) is 57.7 Å². The van der Waals surface area contributed by atoms with Gasteiger partial charge in [-0.15, -0.1) is 10.2 Å². The van der Waals surface area contributed by atoms with E-state index in [1.54, 1.807) is 18.3 Å². The van der Waals surface area contributed by atoms with E-state index in [2.05, 4.69) is 10.2 Å². The van der Waals surface area contributed by atoms with Gasteiger partial charge in [-0.1, -0.05) is 0 Å². The number of amides is 1. The Morgan fingerprint density at radius 1 is 1.50 bits per heavy atom. The van der Waals surface area contributed by atoms with Gasteiger partial charge < -0.3 is 14.2 Å². The Balaban J connectivity index is 1.73. The number of esters is 1. The summed E-state index contributed by atoms with van der Waals surface area (Å²) < 4.78 is 7.46. The van der Waals surface area contributed by atoms with E-state index < -0.39 is 5.60 Å². The molecule has 1 aromatic heterocycles. The monoisotopic (exact) mass is 306 g/mol. The summed E-state index contributed by atoms with van der Waals surface area (Å²) in [5.41, 5.74) is -0.555. The summed E-state index contributed by atoms with van der Waals surface area (Å²) in [5, 5.41) is 7.94. The van der Waals surface area contributed by atoms with Crippen molar-refractivity contribution in [3.8, 4) is 0 Å². The van der Waals surface area contributed by atoms with Gasteiger partial charge in [-0.05, 0) is 32.6 Å². The number of ether oxygens (including phenoxy) is 1. The van der Waals surface area contributed by atoms with E-state index in [4.69, 9.17) is 4.74 Å². The van der Waals surface area contributed by atoms with E-state index in [1.165, 1.54) is 0 Å². The Morgan fingerprint density at radius 2 is 2.23 bits per heavy atom. The van der Waals surface area contributed by atoms with Gasteiger partial charge in [0, 0.05) is 13.6 Å². The van der Waals surface area contributed by atoms with Crippen LogP contribution in [-0.2, 0) is 27.4 Å². The highest BCUT2D eigenvalue weighted by Crippen LogP contribution is 2.46. The van der Waals surface area contributed by atoms with Crippen LogP contribution in [-0.4, -0.2) is 44.2 Å². The number of rotatable bonds is 4. The largest absolute Gasteiger partial charge is 0.458 e. The lowest BCUT2D eigenvalue weighted by atomic mass is 9.84. The Hall–Kier alpha value is -1.92. The molecule has 22 heavy (non-hydrogen) atoms. The third-order valence-electron chi connectivity index (χ3n) is 4.86. The first kappa shape index (κ1) is 15.0. The molecule has 1 aromatic rings. The van der Waals surface area contributed by atoms with Gasteiger partial charge in [0.05, 0.1) is 18.9 Å². The molecular formula is C15H22N4O3. The number of hydrogen-bond acceptors (Lipinski definition) is 5. The summed E-state index contributed by atoms with van der Waals surface area (Å²) in [5.74, 6) is 0.123. The first-order chi connectivity index (χ1) is 10.6. The standard InChI is InChI=1S/C15H22N4O3/c1-3-19-10-16-17-12(19)9-18(2)14(21)11-8-13(20)22-15(11)6-4-5-7-15/h10-11H,3-9H2,1-2H3. The third kappa shape index (κ3) is 2.48. The van der Waals surface area contributed by atoms with Gasteiger partial charge in [0.2, 0.25) is 5.91 Å². The maximum atomic E-state index is 12.8. The molecule has 2 fully saturated rings. The van der Waals surface area contributed by atoms with Crippen LogP contribution in [0.1, 0.15) is 44.9 Å². The van der Waals surface area contributed by atoms with Gasteiger partial charge in [0.15, 0.2) is 5.82 Å². The second-order valence-corrected chi connectivity index (χ2v) is 6.23. The van der Waals surface area contributed by atoms with E-state index in [9.17, 15) is 9.59 Å². The zero-order chi connectivity index (χ0) is 15.7. The minimum Gasteiger partial charge on any atom is -0.458 e. The lowest BCUT2D eigenvalue weighted by Gasteiger charge is -2.30. The molecule has 2 aliphatic rings. The van der Waals surface area contributed by atoms with Crippen LogP contribution in [0.5, 0.6) is 0 Å². The highest BCUT2D eigenvalue weighted by atomic mass is 16.6. The summed E-state index contributed by atoms with van der Waals surface area (Å²) in [6.45, 7) is 3.17. The van der Waals surface area contributed by atoms with Crippen LogP contribution < -0.4 is 0 Å². The average Bonchev–Trinajstić information content (AvgIpc) is 3.20. The van der Waals surface area contributed by atoms with Crippen LogP contribution in [0.4, 0.5) is 0 Å². The average molecular weight is 306 g/mol. The molecule has 120 valence electrons. The summed E-state index contributed by atoms with van der Waals surface area (Å²) in [6.07, 6.45) is 5.50. The molecular weight excluding hydrogens is 284 g/mol. The first-order valence-corrected chi connectivity index (χ1v) is 7.89. The Morgan fingerprint density at radius 3 is 2.91 bits per heavy atom. The third-order valence-corrected chi connectivity index (χ3v) is 4.86. The molecule has 1 spiro atoms. The summed E-state index contributed by atoms with van der Waals surface area (Å²) in [4.78, 5) is 26.2. The number of aryl methyl sites for hydroxylation is 1. The quantitative estimate of drug-likeness (QED) is 0.779. The molecule has 1 atom stereocenters. The van der Waals surface area contributed by atoms with Crippen molar-refractivity contribution in [3.63, 3.8) is 0 Å². The Bertz CT molecular complexity index is 577. The van der Waals surface area contributed by atoms with Crippen molar-refractivity contribution in [2.24, 2.45) is 5.92 Å². The molecule has 7 heteroatoms. The molecule has 0 radical (unpaired) electrons. The lowest BCUT2D eigenvalue weighted by molar-refractivity contribution is -0.151. The molecule has 3 rings (SSSR count). The lowest BCUT2D eigenvalue weighted by Crippen LogP contribution is -2.43. The van der Waals surface area contributed by atoms with Crippen LogP contribution in [0.3, 0.4) is 0 Å². The summed E-state index contributed by atoms with van der Waals surface area (Å²) in [7, 11) is 1.75. The fourth-order valence-corrected chi connectivity index (χ4v) is 3.65. The van der Waals surface area contributed by atoms with Crippen molar-refractivity contribution in [2.75, 3.05) is 7.05 Å². The topological polar surface area (TPSA) is 77.3 Å². The number of hydrogen-bond donors (Lipinski definition) is 0. The molecule has 1 saturated heterocycles. The smallest absolute Gasteiger partial charge is 0.307 e. The van der Waals surface area contributed by atoms with Crippen LogP contribution in [0.15, 0.2) is 6.33 Å². The van der Waals surface area contributed by atoms with Gasteiger partial charge in [0.25, 0.3) is 0 Å². The zero-order valence-electron chi connectivity index (χ0n) is 13.1. The number of aromatic nitrogens is 3. The van der Waals surface area contributed by atoms with Crippen LogP contribution >= 0.6 is 0 Å². The van der Waals surface area contributed by atoms with E-state index in [1.807, 2.05) is 11.5 Å². The van der Waals surface area contributed by atoms with Gasteiger partial charge >= 0.3 is 5.97 Å². The fraction of sp³-hybridized carbons (Fsp3) is 0.733. The molecule has 1 saturated carbocycles. The fourth-order valence-electron chi connectivity index (χ4n) is 3.65. The molecule has 0 aromatic carbocycles. The van der Waals surface area contributed by atoms with Crippen molar-refractivity contribution < 1.29 is 14.3 Å². The molecule has 0 bridgehead atoms. The van der Waals surface area contributed by atoms with Crippen molar-refractivity contribution in [1.29, 1.82) is 0 Å². The number of nitrogens with zero attached hydrogens (tertiary/aromatic N) is 4. The maximum absolute atomic E-state index is 12.8. The normalized spacial score (nSPS) is 23.0. The molecule has 1 unspecified atom stereocenters. The highest BCUT2D eigenvalue weighted by molar-refractivity contribution is 5.87. The predicted molar refractivity (Wildman–Crippen MR) is 77.6 cm³/mol. The number of carbonyl (C=O) groups is 2. The molecule has 1 aliphatic carbocycles. The summed E-state index contributed by atoms with van der Waals surface area (Å²) in [6, 6.07) is 0. The first-order valence-electron chi connectivity index (χ1n) is 7.89. The van der Waals surface area contributed by atoms with E-state index in [-0.39, 0.29) is 24.2 Å². The molecule has 1 aliphatic heterocycles. The van der Waals surface area contributed by atoms with Crippen LogP contribution in [0.2, 0.25) is 0 Å². The second kappa shape index (κ2) is 5.70. The van der Waals surface area contributed by atoms with Gasteiger partial charge in [-0.2, -0.15) is 0 Å². The van der Waals surface area contributed by atoms with Gasteiger partial charge in [-0.25, -0.2) is 0 Å². The van der Waals surface area contributed by atoms with Gasteiger partial charge in [0.1, 0.15) is 11.9 Å². The molecule has 7 nitrogen and oxygen atoms in total. The van der Waals surface area contributed by atoms with Crippen LogP contribution in [0.25, 0.3) is 0 Å². The maximum Gasteiger partial charge on any atom is 0.307 e. The van der Waals surface area contributed by atoms with E-state index >= 15 is 0 Å². The van der Waals surface area contributed by atoms with Crippen molar-refractivity contribution >= 4 is 11.9 Å². The molecule has 2 heterocycles. The Kier molecular flexibility index (Phi) is 3.88. The summed E-state index contributed by atoms with van der Waals surface area (Å²) >= 11 is 0.